The number of nitrogens with one attached hydrogen (secondary N) is 2. The van der Waals surface area contributed by atoms with Gasteiger partial charge in [0.1, 0.15) is 11.5 Å². The molecule has 142 valence electrons. The number of aromatic amines is 1. The van der Waals surface area contributed by atoms with Gasteiger partial charge in [-0.05, 0) is 61.2 Å². The largest absolute Gasteiger partial charge is 0.350 e. The van der Waals surface area contributed by atoms with Gasteiger partial charge in [-0.1, -0.05) is 24.3 Å². The molecule has 0 aliphatic rings. The molecular formula is C21H25FN4O. The minimum Gasteiger partial charge on any atom is -0.350 e. The molecule has 0 aliphatic heterocycles. The molecule has 1 atom stereocenters. The minimum atomic E-state index is -0.265. The average molecular weight is 368 g/mol. The van der Waals surface area contributed by atoms with E-state index in [1.165, 1.54) is 12.1 Å². The number of amides is 1. The van der Waals surface area contributed by atoms with Crippen LogP contribution in [0.15, 0.2) is 42.5 Å². The van der Waals surface area contributed by atoms with Crippen molar-refractivity contribution < 1.29 is 9.18 Å². The third-order valence-corrected chi connectivity index (χ3v) is 4.77. The van der Waals surface area contributed by atoms with E-state index in [0.29, 0.717) is 18.8 Å². The van der Waals surface area contributed by atoms with Gasteiger partial charge in [0.05, 0.1) is 0 Å². The van der Waals surface area contributed by atoms with E-state index in [4.69, 9.17) is 11.5 Å². The Bertz CT molecular complexity index is 933. The lowest BCUT2D eigenvalue weighted by Gasteiger charge is -2.12. The van der Waals surface area contributed by atoms with Crippen molar-refractivity contribution in [2.75, 3.05) is 13.1 Å². The van der Waals surface area contributed by atoms with Gasteiger partial charge in [0, 0.05) is 23.5 Å². The molecule has 6 heteroatoms. The number of fused-ring (bicyclic) bond motifs is 1. The fourth-order valence-electron chi connectivity index (χ4n) is 3.18. The van der Waals surface area contributed by atoms with E-state index in [9.17, 15) is 9.18 Å². The number of H-pyrrole nitrogens is 1. The molecule has 1 unspecified atom stereocenters. The monoisotopic (exact) mass is 368 g/mol. The summed E-state index contributed by atoms with van der Waals surface area (Å²) in [5, 5.41) is 3.87. The normalized spacial score (nSPS) is 12.3. The summed E-state index contributed by atoms with van der Waals surface area (Å²) in [6.07, 6.45) is 1.62. The molecule has 0 aliphatic carbocycles. The first-order valence-electron chi connectivity index (χ1n) is 9.11. The van der Waals surface area contributed by atoms with Crippen molar-refractivity contribution in [2.45, 2.75) is 25.8 Å². The van der Waals surface area contributed by atoms with Gasteiger partial charge < -0.3 is 21.8 Å². The highest BCUT2D eigenvalue weighted by atomic mass is 19.1. The summed E-state index contributed by atoms with van der Waals surface area (Å²) in [5.74, 6) is -0.436. The average Bonchev–Trinajstić information content (AvgIpc) is 3.01. The number of hydrogen-bond acceptors (Lipinski definition) is 3. The van der Waals surface area contributed by atoms with Crippen molar-refractivity contribution in [3.8, 4) is 11.1 Å². The maximum absolute atomic E-state index is 13.1. The Morgan fingerprint density at radius 2 is 1.89 bits per heavy atom. The number of benzene rings is 2. The summed E-state index contributed by atoms with van der Waals surface area (Å²) in [6, 6.07) is 12.2. The summed E-state index contributed by atoms with van der Waals surface area (Å²) in [5.41, 5.74) is 15.6. The maximum atomic E-state index is 13.1. The lowest BCUT2D eigenvalue weighted by atomic mass is 10.0. The van der Waals surface area contributed by atoms with E-state index in [1.807, 2.05) is 25.1 Å². The summed E-state index contributed by atoms with van der Waals surface area (Å²) < 4.78 is 13.1. The van der Waals surface area contributed by atoms with E-state index in [2.05, 4.69) is 10.3 Å². The first kappa shape index (κ1) is 19.1. The second kappa shape index (κ2) is 8.33. The second-order valence-electron chi connectivity index (χ2n) is 6.79. The summed E-state index contributed by atoms with van der Waals surface area (Å²) >= 11 is 0. The molecule has 0 saturated heterocycles. The van der Waals surface area contributed by atoms with E-state index in [1.54, 1.807) is 12.1 Å². The van der Waals surface area contributed by atoms with Crippen LogP contribution in [0.2, 0.25) is 0 Å². The van der Waals surface area contributed by atoms with Gasteiger partial charge in [0.15, 0.2) is 0 Å². The fraction of sp³-hybridized carbons (Fsp3) is 0.286. The van der Waals surface area contributed by atoms with Gasteiger partial charge in [-0.25, -0.2) is 4.39 Å². The van der Waals surface area contributed by atoms with E-state index < -0.39 is 0 Å². The lowest BCUT2D eigenvalue weighted by molar-refractivity contribution is 0.0946. The highest BCUT2D eigenvalue weighted by Crippen LogP contribution is 2.27. The Morgan fingerprint density at radius 3 is 2.59 bits per heavy atom. The van der Waals surface area contributed by atoms with Crippen LogP contribution in [0.4, 0.5) is 4.39 Å². The highest BCUT2D eigenvalue weighted by Gasteiger charge is 2.16. The van der Waals surface area contributed by atoms with Gasteiger partial charge in [-0.15, -0.1) is 0 Å². The van der Waals surface area contributed by atoms with Crippen LogP contribution >= 0.6 is 0 Å². The molecule has 5 nitrogen and oxygen atoms in total. The maximum Gasteiger partial charge on any atom is 0.268 e. The highest BCUT2D eigenvalue weighted by molar-refractivity contribution is 6.01. The van der Waals surface area contributed by atoms with Crippen molar-refractivity contribution in [3.05, 3.63) is 59.5 Å². The standard InChI is InChI=1S/C21H25FN4O/c1-13-18-9-6-15(14-4-7-16(22)8-5-14)11-19(18)26-20(13)21(27)25-12-17(24)3-2-10-23/h4-9,11,17,26H,2-3,10,12,23-24H2,1H3,(H,25,27). The number of rotatable bonds is 7. The van der Waals surface area contributed by atoms with Crippen LogP contribution in [0.1, 0.15) is 28.9 Å². The van der Waals surface area contributed by atoms with Crippen LogP contribution in [0.3, 0.4) is 0 Å². The number of carbonyl (C=O) groups is 1. The van der Waals surface area contributed by atoms with Crippen molar-refractivity contribution in [1.82, 2.24) is 10.3 Å². The lowest BCUT2D eigenvalue weighted by Crippen LogP contribution is -2.37. The van der Waals surface area contributed by atoms with Gasteiger partial charge >= 0.3 is 0 Å². The van der Waals surface area contributed by atoms with Gasteiger partial charge in [-0.3, -0.25) is 4.79 Å². The molecule has 2 aromatic carbocycles. The molecule has 0 spiro atoms. The molecule has 0 fully saturated rings. The predicted octanol–water partition coefficient (Wildman–Crippen LogP) is 3.08. The van der Waals surface area contributed by atoms with Crippen LogP contribution in [0.25, 0.3) is 22.0 Å². The second-order valence-corrected chi connectivity index (χ2v) is 6.79. The summed E-state index contributed by atoms with van der Waals surface area (Å²) in [4.78, 5) is 15.7. The quantitative estimate of drug-likeness (QED) is 0.516. The zero-order chi connectivity index (χ0) is 19.4. The third-order valence-electron chi connectivity index (χ3n) is 4.77. The minimum absolute atomic E-state index is 0.104. The number of nitrogens with two attached hydrogens (primary N) is 2. The molecule has 3 rings (SSSR count). The van der Waals surface area contributed by atoms with Crippen LogP contribution < -0.4 is 16.8 Å². The summed E-state index contributed by atoms with van der Waals surface area (Å²) in [7, 11) is 0. The molecule has 6 N–H and O–H groups in total. The Balaban J connectivity index is 1.79. The molecule has 0 bridgehead atoms. The molecule has 1 heterocycles. The topological polar surface area (TPSA) is 96.9 Å². The molecular weight excluding hydrogens is 343 g/mol. The van der Waals surface area contributed by atoms with Crippen molar-refractivity contribution >= 4 is 16.8 Å². The Labute approximate surface area is 157 Å². The number of hydrogen-bond donors (Lipinski definition) is 4. The predicted molar refractivity (Wildman–Crippen MR) is 107 cm³/mol. The van der Waals surface area contributed by atoms with Crippen LogP contribution in [0.5, 0.6) is 0 Å². The molecule has 27 heavy (non-hydrogen) atoms. The Morgan fingerprint density at radius 1 is 1.19 bits per heavy atom. The molecule has 1 aromatic heterocycles. The van der Waals surface area contributed by atoms with E-state index in [0.717, 1.165) is 40.4 Å². The fourth-order valence-corrected chi connectivity index (χ4v) is 3.18. The zero-order valence-electron chi connectivity index (χ0n) is 15.4. The third kappa shape index (κ3) is 4.35. The molecule has 3 aromatic rings. The Hall–Kier alpha value is -2.70. The smallest absolute Gasteiger partial charge is 0.268 e. The number of carbonyl (C=O) groups excluding carboxylic acids is 1. The van der Waals surface area contributed by atoms with Crippen LogP contribution in [-0.2, 0) is 0 Å². The number of aryl methyl sites for hydroxylation is 1. The van der Waals surface area contributed by atoms with Gasteiger partial charge in [0.25, 0.3) is 5.91 Å². The van der Waals surface area contributed by atoms with Crippen molar-refractivity contribution in [3.63, 3.8) is 0 Å². The van der Waals surface area contributed by atoms with Crippen LogP contribution in [-0.4, -0.2) is 30.0 Å². The zero-order valence-corrected chi connectivity index (χ0v) is 15.4. The number of aromatic nitrogens is 1. The molecule has 0 radical (unpaired) electrons. The van der Waals surface area contributed by atoms with Gasteiger partial charge in [-0.2, -0.15) is 0 Å². The van der Waals surface area contributed by atoms with Crippen molar-refractivity contribution in [2.24, 2.45) is 11.5 Å². The Kier molecular flexibility index (Phi) is 5.88. The van der Waals surface area contributed by atoms with Crippen molar-refractivity contribution in [1.29, 1.82) is 0 Å². The van der Waals surface area contributed by atoms with E-state index >= 15 is 0 Å². The first-order chi connectivity index (χ1) is 13.0. The summed E-state index contributed by atoms with van der Waals surface area (Å²) in [6.45, 7) is 2.92. The van der Waals surface area contributed by atoms with Gasteiger partial charge in [0.2, 0.25) is 0 Å². The molecule has 0 saturated carbocycles. The number of halogens is 1. The first-order valence-corrected chi connectivity index (χ1v) is 9.11. The van der Waals surface area contributed by atoms with Crippen LogP contribution in [0, 0.1) is 12.7 Å². The SMILES string of the molecule is Cc1c(C(=O)NCC(N)CCCN)[nH]c2cc(-c3ccc(F)cc3)ccc12. The molecule has 1 amide bonds. The van der Waals surface area contributed by atoms with E-state index in [-0.39, 0.29) is 17.8 Å².